The standard InChI is InChI=1S/C35H27N5O5S.BrH/c36-32-23(21-9-2-1-3-10-21)20-30(39-40(32)18-8-15-31(41)42)38-34(46)37-22-16-17-26-29(19-22)45-33(43)35(26)24-11-4-6-13-27(24)44-28-14-7-5-12-25(28)35;/h1-7,9-14,16-17,19-20,36H,8,15,18H2,(H3,37,38,39,41,42,46);1H. The van der Waals surface area contributed by atoms with Crippen LogP contribution in [0, 0.1) is 0 Å². The van der Waals surface area contributed by atoms with E-state index in [4.69, 9.17) is 32.5 Å². The zero-order valence-electron chi connectivity index (χ0n) is 24.8. The molecule has 47 heavy (non-hydrogen) atoms. The number of hydrogen-bond donors (Lipinski definition) is 4. The molecule has 2 aliphatic rings. The summed E-state index contributed by atoms with van der Waals surface area (Å²) in [5, 5.41) is 20.2. The molecule has 12 heteroatoms. The van der Waals surface area contributed by atoms with Crippen LogP contribution in [-0.2, 0) is 21.5 Å². The van der Waals surface area contributed by atoms with E-state index in [2.05, 4.69) is 15.7 Å². The maximum atomic E-state index is 13.8. The van der Waals surface area contributed by atoms with Crippen molar-refractivity contribution in [2.45, 2.75) is 24.8 Å². The van der Waals surface area contributed by atoms with E-state index in [0.29, 0.717) is 53.1 Å². The molecule has 5 N–H and O–H groups in total. The SMILES string of the molecule is Nc1c(-c2ccccc2)cc(NC(=S)Nc2ccc3c(c2)OC(=O)C32c3ccccc3Oc3ccccc32)n[n+]1CCCC(=O)O.[Br-]. The lowest BCUT2D eigenvalue weighted by Crippen LogP contribution is -3.00. The zero-order chi connectivity index (χ0) is 31.8. The van der Waals surface area contributed by atoms with Crippen molar-refractivity contribution in [1.82, 2.24) is 5.10 Å². The minimum Gasteiger partial charge on any atom is -1.00 e. The number of halogens is 1. The Balaban J connectivity index is 0.00000386. The molecular weight excluding hydrogens is 682 g/mol. The molecule has 1 aromatic heterocycles. The topological polar surface area (TPSA) is 140 Å². The average molecular weight is 711 g/mol. The lowest BCUT2D eigenvalue weighted by molar-refractivity contribution is -0.739. The van der Waals surface area contributed by atoms with Gasteiger partial charge in [-0.05, 0) is 42.4 Å². The summed E-state index contributed by atoms with van der Waals surface area (Å²) in [6.45, 7) is 0.308. The molecule has 1 spiro atoms. The van der Waals surface area contributed by atoms with Gasteiger partial charge < -0.3 is 42.2 Å². The molecule has 4 aromatic carbocycles. The van der Waals surface area contributed by atoms with Gasteiger partial charge in [0.25, 0.3) is 0 Å². The molecule has 5 aromatic rings. The van der Waals surface area contributed by atoms with Gasteiger partial charge in [0.15, 0.2) is 16.3 Å². The summed E-state index contributed by atoms with van der Waals surface area (Å²) in [5.74, 6) is 1.15. The molecule has 0 atom stereocenters. The van der Waals surface area contributed by atoms with Gasteiger partial charge in [0.1, 0.15) is 23.8 Å². The Morgan fingerprint density at radius 1 is 0.851 bits per heavy atom. The first kappa shape index (κ1) is 31.6. The van der Waals surface area contributed by atoms with Crippen molar-refractivity contribution in [3.63, 3.8) is 0 Å². The van der Waals surface area contributed by atoms with Gasteiger partial charge in [-0.1, -0.05) is 77.9 Å². The molecule has 0 fully saturated rings. The van der Waals surface area contributed by atoms with Gasteiger partial charge in [-0.3, -0.25) is 10.5 Å². The van der Waals surface area contributed by atoms with E-state index < -0.39 is 17.4 Å². The van der Waals surface area contributed by atoms with Gasteiger partial charge in [-0.15, -0.1) is 4.68 Å². The number of thiocarbonyl (C=S) groups is 1. The second-order valence-electron chi connectivity index (χ2n) is 10.9. The molecule has 0 amide bonds. The predicted molar refractivity (Wildman–Crippen MR) is 176 cm³/mol. The van der Waals surface area contributed by atoms with Gasteiger partial charge in [-0.2, -0.15) is 0 Å². The van der Waals surface area contributed by atoms with Crippen molar-refractivity contribution in [2.24, 2.45) is 0 Å². The minimum atomic E-state index is -1.17. The van der Waals surface area contributed by atoms with Crippen molar-refractivity contribution in [1.29, 1.82) is 0 Å². The number of carboxylic acids is 1. The number of benzene rings is 4. The monoisotopic (exact) mass is 709 g/mol. The van der Waals surface area contributed by atoms with Gasteiger partial charge in [0.05, 0.1) is 5.56 Å². The van der Waals surface area contributed by atoms with E-state index >= 15 is 0 Å². The number of fused-ring (bicyclic) bond motifs is 6. The molecule has 0 unspecified atom stereocenters. The summed E-state index contributed by atoms with van der Waals surface area (Å²) in [5.41, 5.74) is 9.64. The van der Waals surface area contributed by atoms with Crippen molar-refractivity contribution >= 4 is 46.6 Å². The maximum Gasteiger partial charge on any atom is 0.331 e. The van der Waals surface area contributed by atoms with Crippen LogP contribution in [0.4, 0.5) is 17.3 Å². The Labute approximate surface area is 285 Å². The first-order valence-corrected chi connectivity index (χ1v) is 15.0. The summed E-state index contributed by atoms with van der Waals surface area (Å²) < 4.78 is 13.7. The number of esters is 1. The number of carbonyl (C=O) groups is 2. The van der Waals surface area contributed by atoms with E-state index in [1.807, 2.05) is 91.0 Å². The number of aliphatic carboxylic acids is 1. The third-order valence-corrected chi connectivity index (χ3v) is 8.31. The lowest BCUT2D eigenvalue weighted by atomic mass is 9.68. The third-order valence-electron chi connectivity index (χ3n) is 8.10. The number of carbonyl (C=O) groups excluding carboxylic acids is 1. The number of para-hydroxylation sites is 2. The number of anilines is 3. The first-order valence-electron chi connectivity index (χ1n) is 14.6. The summed E-state index contributed by atoms with van der Waals surface area (Å²) in [4.78, 5) is 24.9. The second kappa shape index (κ2) is 12.8. The van der Waals surface area contributed by atoms with Crippen LogP contribution in [0.15, 0.2) is 103 Å². The van der Waals surface area contributed by atoms with Gasteiger partial charge in [-0.25, -0.2) is 4.79 Å². The van der Waals surface area contributed by atoms with Crippen LogP contribution in [0.3, 0.4) is 0 Å². The quantitative estimate of drug-likeness (QED) is 0.0864. The Morgan fingerprint density at radius 3 is 2.17 bits per heavy atom. The molecule has 0 bridgehead atoms. The normalized spacial score (nSPS) is 13.2. The molecule has 7 rings (SSSR count). The summed E-state index contributed by atoms with van der Waals surface area (Å²) in [6, 6.07) is 31.8. The van der Waals surface area contributed by atoms with E-state index in [1.54, 1.807) is 16.8 Å². The van der Waals surface area contributed by atoms with Crippen LogP contribution in [0.25, 0.3) is 11.1 Å². The number of rotatable bonds is 7. The van der Waals surface area contributed by atoms with Crippen LogP contribution in [-0.4, -0.2) is 27.3 Å². The highest BCUT2D eigenvalue weighted by atomic mass is 79.9. The lowest BCUT2D eigenvalue weighted by Gasteiger charge is -2.34. The van der Waals surface area contributed by atoms with Crippen LogP contribution in [0.2, 0.25) is 0 Å². The first-order chi connectivity index (χ1) is 22.3. The Kier molecular flexibility index (Phi) is 8.63. The summed E-state index contributed by atoms with van der Waals surface area (Å²) in [7, 11) is 0. The minimum absolute atomic E-state index is 0. The predicted octanol–water partition coefficient (Wildman–Crippen LogP) is 2.66. The number of aryl methyl sites for hydroxylation is 1. The summed E-state index contributed by atoms with van der Waals surface area (Å²) in [6.07, 6.45) is 0.342. The highest BCUT2D eigenvalue weighted by Crippen LogP contribution is 2.57. The molecule has 2 aliphatic heterocycles. The highest BCUT2D eigenvalue weighted by molar-refractivity contribution is 7.80. The van der Waals surface area contributed by atoms with E-state index in [-0.39, 0.29) is 28.5 Å². The zero-order valence-corrected chi connectivity index (χ0v) is 27.2. The van der Waals surface area contributed by atoms with Gasteiger partial charge in [0.2, 0.25) is 0 Å². The smallest absolute Gasteiger partial charge is 0.331 e. The molecule has 0 radical (unpaired) electrons. The van der Waals surface area contributed by atoms with Crippen LogP contribution in [0.1, 0.15) is 29.5 Å². The molecule has 0 saturated heterocycles. The van der Waals surface area contributed by atoms with Gasteiger partial charge in [0, 0.05) is 40.9 Å². The van der Waals surface area contributed by atoms with Crippen molar-refractivity contribution < 1.29 is 45.8 Å². The number of nitrogens with one attached hydrogen (secondary N) is 2. The molecular formula is C35H28BrN5O5S. The summed E-state index contributed by atoms with van der Waals surface area (Å²) >= 11 is 5.65. The highest BCUT2D eigenvalue weighted by Gasteiger charge is 2.56. The number of aromatic nitrogens is 2. The Bertz CT molecular complexity index is 2000. The number of nitrogens with two attached hydrogens (primary N) is 1. The number of ether oxygens (including phenoxy) is 2. The number of nitrogen functional groups attached to an aromatic ring is 1. The number of hydrogen-bond acceptors (Lipinski definition) is 7. The second-order valence-corrected chi connectivity index (χ2v) is 11.3. The van der Waals surface area contributed by atoms with E-state index in [9.17, 15) is 9.59 Å². The van der Waals surface area contributed by atoms with Crippen LogP contribution in [0.5, 0.6) is 17.2 Å². The van der Waals surface area contributed by atoms with Crippen LogP contribution >= 0.6 is 12.2 Å². The van der Waals surface area contributed by atoms with Crippen molar-refractivity contribution in [3.05, 3.63) is 120 Å². The van der Waals surface area contributed by atoms with Crippen LogP contribution < -0.4 is 47.5 Å². The largest absolute Gasteiger partial charge is 1.00 e. The van der Waals surface area contributed by atoms with E-state index in [0.717, 1.165) is 22.3 Å². The van der Waals surface area contributed by atoms with Crippen molar-refractivity contribution in [2.75, 3.05) is 16.4 Å². The molecule has 0 aliphatic carbocycles. The van der Waals surface area contributed by atoms with Crippen molar-refractivity contribution in [3.8, 4) is 28.4 Å². The van der Waals surface area contributed by atoms with E-state index in [1.165, 1.54) is 0 Å². The maximum absolute atomic E-state index is 13.8. The fourth-order valence-electron chi connectivity index (χ4n) is 6.09. The Morgan fingerprint density at radius 2 is 1.49 bits per heavy atom. The number of carboxylic acid groups (broad SMARTS) is 1. The molecule has 0 saturated carbocycles. The molecule has 3 heterocycles. The average Bonchev–Trinajstić information content (AvgIpc) is 3.33. The number of nitrogens with zero attached hydrogens (tertiary/aromatic N) is 2. The Hall–Kier alpha value is -5.33. The third kappa shape index (κ3) is 5.66. The molecule has 236 valence electrons. The fourth-order valence-corrected chi connectivity index (χ4v) is 6.31. The van der Waals surface area contributed by atoms with Gasteiger partial charge >= 0.3 is 17.8 Å². The molecule has 10 nitrogen and oxygen atoms in total. The fraction of sp³-hybridized carbons (Fsp3) is 0.114.